The monoisotopic (exact) mass is 441 g/mol. The molecule has 31 heavy (non-hydrogen) atoms. The van der Waals surface area contributed by atoms with Crippen LogP contribution in [0.4, 0.5) is 0 Å². The Labute approximate surface area is 184 Å². The first-order valence-electron chi connectivity index (χ1n) is 10.2. The molecule has 1 atom stereocenters. The van der Waals surface area contributed by atoms with Crippen LogP contribution in [0.1, 0.15) is 43.0 Å². The molecule has 0 amide bonds. The summed E-state index contributed by atoms with van der Waals surface area (Å²) in [5, 5.41) is 3.72. The van der Waals surface area contributed by atoms with Crippen molar-refractivity contribution in [3.05, 3.63) is 73.6 Å². The fraction of sp³-hybridized carbons (Fsp3) is 0.391. The van der Waals surface area contributed by atoms with Gasteiger partial charge in [0.15, 0.2) is 0 Å². The molecule has 0 radical (unpaired) electrons. The first kappa shape index (κ1) is 21.2. The topological polar surface area (TPSA) is 74.5 Å². The molecule has 1 aromatic carbocycles. The highest BCUT2D eigenvalue weighted by Crippen LogP contribution is 2.35. The molecule has 3 heterocycles. The highest BCUT2D eigenvalue weighted by atomic mass is 32.1. The van der Waals surface area contributed by atoms with Gasteiger partial charge >= 0.3 is 5.69 Å². The minimum atomic E-state index is -0.646. The Morgan fingerprint density at radius 1 is 1.23 bits per heavy atom. The molecule has 1 aliphatic heterocycles. The van der Waals surface area contributed by atoms with Gasteiger partial charge in [-0.25, -0.2) is 4.79 Å². The molecule has 1 unspecified atom stereocenters. The van der Waals surface area contributed by atoms with Gasteiger partial charge in [0.2, 0.25) is 6.23 Å². The standard InChI is InChI=1S/C23H27N3O4S/c1-14-17-20(27)26(23(2,3)4)22(28)25(12-10-15-8-6-7-9-16(15)29-5)21(17)31-18(14)19-24-11-13-30-19/h6-9,11,13,19,24H,10,12H2,1-5H3. The molecule has 0 saturated heterocycles. The van der Waals surface area contributed by atoms with E-state index in [1.54, 1.807) is 24.1 Å². The number of hydrogen-bond acceptors (Lipinski definition) is 6. The number of nitrogens with zero attached hydrogens (tertiary/aromatic N) is 2. The van der Waals surface area contributed by atoms with Gasteiger partial charge < -0.3 is 14.8 Å². The third kappa shape index (κ3) is 3.65. The van der Waals surface area contributed by atoms with E-state index in [1.165, 1.54) is 15.9 Å². The van der Waals surface area contributed by atoms with Gasteiger partial charge in [-0.15, -0.1) is 11.3 Å². The second-order valence-corrected chi connectivity index (χ2v) is 9.60. The minimum absolute atomic E-state index is 0.257. The van der Waals surface area contributed by atoms with Crippen LogP contribution in [0, 0.1) is 6.92 Å². The lowest BCUT2D eigenvalue weighted by Gasteiger charge is -2.23. The second kappa shape index (κ2) is 7.92. The summed E-state index contributed by atoms with van der Waals surface area (Å²) in [7, 11) is 1.64. The SMILES string of the molecule is COc1ccccc1CCn1c(=O)n(C(C)(C)C)c(=O)c2c(C)c(C3NC=CO3)sc21. The quantitative estimate of drug-likeness (QED) is 0.655. The molecule has 0 fully saturated rings. The van der Waals surface area contributed by atoms with E-state index in [-0.39, 0.29) is 17.5 Å². The van der Waals surface area contributed by atoms with Gasteiger partial charge in [-0.3, -0.25) is 13.9 Å². The molecular formula is C23H27N3O4S. The van der Waals surface area contributed by atoms with Crippen LogP contribution in [0.25, 0.3) is 10.2 Å². The molecule has 2 aromatic heterocycles. The van der Waals surface area contributed by atoms with Crippen LogP contribution in [0.5, 0.6) is 5.75 Å². The summed E-state index contributed by atoms with van der Waals surface area (Å²) in [6.45, 7) is 7.98. The van der Waals surface area contributed by atoms with Crippen LogP contribution in [-0.2, 0) is 23.2 Å². The lowest BCUT2D eigenvalue weighted by Crippen LogP contribution is -2.47. The van der Waals surface area contributed by atoms with E-state index in [2.05, 4.69) is 5.32 Å². The van der Waals surface area contributed by atoms with Gasteiger partial charge in [-0.2, -0.15) is 0 Å². The molecule has 0 spiro atoms. The molecule has 0 saturated carbocycles. The number of aromatic nitrogens is 2. The fourth-order valence-electron chi connectivity index (χ4n) is 3.97. The van der Waals surface area contributed by atoms with Gasteiger partial charge in [-0.05, 0) is 51.3 Å². The van der Waals surface area contributed by atoms with E-state index in [9.17, 15) is 9.59 Å². The van der Waals surface area contributed by atoms with Crippen molar-refractivity contribution in [3.63, 3.8) is 0 Å². The van der Waals surface area contributed by atoms with E-state index >= 15 is 0 Å². The number of nitrogens with one attached hydrogen (secondary N) is 1. The van der Waals surface area contributed by atoms with Gasteiger partial charge in [0, 0.05) is 18.3 Å². The number of hydrogen-bond donors (Lipinski definition) is 1. The Morgan fingerprint density at radius 2 is 1.97 bits per heavy atom. The number of aryl methyl sites for hydroxylation is 3. The lowest BCUT2D eigenvalue weighted by molar-refractivity contribution is 0.158. The zero-order valence-corrected chi connectivity index (χ0v) is 19.2. The van der Waals surface area contributed by atoms with Gasteiger partial charge in [0.1, 0.15) is 16.8 Å². The van der Waals surface area contributed by atoms with E-state index in [0.717, 1.165) is 21.8 Å². The molecule has 0 bridgehead atoms. The molecule has 164 valence electrons. The third-order valence-electron chi connectivity index (χ3n) is 5.49. The van der Waals surface area contributed by atoms with E-state index in [0.29, 0.717) is 23.2 Å². The van der Waals surface area contributed by atoms with E-state index < -0.39 is 5.54 Å². The summed E-state index contributed by atoms with van der Waals surface area (Å²) in [5.41, 5.74) is 0.651. The Morgan fingerprint density at radius 3 is 2.61 bits per heavy atom. The molecule has 3 aromatic rings. The van der Waals surface area contributed by atoms with E-state index in [4.69, 9.17) is 9.47 Å². The zero-order chi connectivity index (χ0) is 22.3. The van der Waals surface area contributed by atoms with Gasteiger partial charge in [0.05, 0.1) is 17.4 Å². The normalized spacial score (nSPS) is 15.8. The third-order valence-corrected chi connectivity index (χ3v) is 6.84. The average Bonchev–Trinajstić information content (AvgIpc) is 3.35. The van der Waals surface area contributed by atoms with Crippen molar-refractivity contribution in [2.45, 2.75) is 52.4 Å². The number of thiophene rings is 1. The Hall–Kier alpha value is -3.00. The van der Waals surface area contributed by atoms with E-state index in [1.807, 2.05) is 52.0 Å². The lowest BCUT2D eigenvalue weighted by atomic mass is 10.1. The summed E-state index contributed by atoms with van der Waals surface area (Å²) in [5.74, 6) is 0.786. The van der Waals surface area contributed by atoms with Crippen LogP contribution in [0.3, 0.4) is 0 Å². The highest BCUT2D eigenvalue weighted by molar-refractivity contribution is 7.19. The number of benzene rings is 1. The summed E-state index contributed by atoms with van der Waals surface area (Å²) < 4.78 is 14.2. The van der Waals surface area contributed by atoms with Crippen LogP contribution in [-0.4, -0.2) is 16.2 Å². The van der Waals surface area contributed by atoms with Crippen molar-refractivity contribution in [3.8, 4) is 5.75 Å². The fourth-order valence-corrected chi connectivity index (χ4v) is 5.28. The largest absolute Gasteiger partial charge is 0.496 e. The molecule has 1 aliphatic rings. The number of fused-ring (bicyclic) bond motifs is 1. The van der Waals surface area contributed by atoms with Crippen molar-refractivity contribution in [1.82, 2.24) is 14.5 Å². The molecule has 8 heteroatoms. The first-order chi connectivity index (χ1) is 14.7. The Bertz CT molecular complexity index is 1270. The molecule has 0 aliphatic carbocycles. The second-order valence-electron chi connectivity index (χ2n) is 8.56. The summed E-state index contributed by atoms with van der Waals surface area (Å²) >= 11 is 1.43. The maximum Gasteiger partial charge on any atom is 0.332 e. The van der Waals surface area contributed by atoms with Crippen molar-refractivity contribution in [2.24, 2.45) is 0 Å². The van der Waals surface area contributed by atoms with Crippen molar-refractivity contribution in [1.29, 1.82) is 0 Å². The summed E-state index contributed by atoms with van der Waals surface area (Å²) in [6.07, 6.45) is 3.58. The molecule has 7 nitrogen and oxygen atoms in total. The summed E-state index contributed by atoms with van der Waals surface area (Å²) in [6, 6.07) is 7.78. The first-order valence-corrected chi connectivity index (χ1v) is 11.0. The Kier molecular flexibility index (Phi) is 5.43. The minimum Gasteiger partial charge on any atom is -0.496 e. The van der Waals surface area contributed by atoms with Gasteiger partial charge in [0.25, 0.3) is 5.56 Å². The van der Waals surface area contributed by atoms with Crippen LogP contribution >= 0.6 is 11.3 Å². The maximum atomic E-state index is 13.5. The number of para-hydroxylation sites is 1. The smallest absolute Gasteiger partial charge is 0.332 e. The van der Waals surface area contributed by atoms with Crippen LogP contribution in [0.15, 0.2) is 46.3 Å². The number of ether oxygens (including phenoxy) is 2. The van der Waals surface area contributed by atoms with Crippen molar-refractivity contribution in [2.75, 3.05) is 7.11 Å². The van der Waals surface area contributed by atoms with Crippen LogP contribution < -0.4 is 21.3 Å². The zero-order valence-electron chi connectivity index (χ0n) is 18.4. The van der Waals surface area contributed by atoms with Crippen molar-refractivity contribution < 1.29 is 9.47 Å². The molecular weight excluding hydrogens is 414 g/mol. The van der Waals surface area contributed by atoms with Crippen LogP contribution in [0.2, 0.25) is 0 Å². The number of rotatable bonds is 5. The molecule has 1 N–H and O–H groups in total. The molecule has 4 rings (SSSR count). The maximum absolute atomic E-state index is 13.5. The van der Waals surface area contributed by atoms with Gasteiger partial charge in [-0.1, -0.05) is 18.2 Å². The van der Waals surface area contributed by atoms with Crippen molar-refractivity contribution >= 4 is 21.6 Å². The predicted molar refractivity (Wildman–Crippen MR) is 123 cm³/mol. The summed E-state index contributed by atoms with van der Waals surface area (Å²) in [4.78, 5) is 28.5. The predicted octanol–water partition coefficient (Wildman–Crippen LogP) is 3.63. The number of methoxy groups -OCH3 is 1. The average molecular weight is 442 g/mol. The Balaban J connectivity index is 1.91. The highest BCUT2D eigenvalue weighted by Gasteiger charge is 2.28.